The van der Waals surface area contributed by atoms with Crippen molar-refractivity contribution in [3.05, 3.63) is 16.1 Å². The number of benzene rings is 1. The highest BCUT2D eigenvalue weighted by Gasteiger charge is 2.23. The molecule has 106 valence electrons. The lowest BCUT2D eigenvalue weighted by Gasteiger charge is -2.19. The minimum atomic E-state index is -0.986. The van der Waals surface area contributed by atoms with Gasteiger partial charge >= 0.3 is 5.97 Å². The monoisotopic (exact) mass is 333 g/mol. The van der Waals surface area contributed by atoms with E-state index < -0.39 is 12.0 Å². The molecule has 19 heavy (non-hydrogen) atoms. The third kappa shape index (κ3) is 3.30. The Kier molecular flexibility index (Phi) is 5.44. The first-order chi connectivity index (χ1) is 8.96. The average Bonchev–Trinajstić information content (AvgIpc) is 2.36. The van der Waals surface area contributed by atoms with Crippen LogP contribution in [0.3, 0.4) is 0 Å². The number of carbonyl (C=O) groups is 1. The van der Waals surface area contributed by atoms with Crippen molar-refractivity contribution in [2.24, 2.45) is 5.73 Å². The van der Waals surface area contributed by atoms with Gasteiger partial charge in [0.25, 0.3) is 0 Å². The second kappa shape index (κ2) is 6.63. The molecular weight excluding hydrogens is 318 g/mol. The number of halogens is 1. The Morgan fingerprint density at radius 3 is 2.32 bits per heavy atom. The van der Waals surface area contributed by atoms with Gasteiger partial charge in [0.05, 0.1) is 27.8 Å². The Morgan fingerprint density at radius 1 is 1.32 bits per heavy atom. The summed E-state index contributed by atoms with van der Waals surface area (Å²) in [5, 5.41) is 8.82. The number of aliphatic carboxylic acids is 1. The highest BCUT2D eigenvalue weighted by Crippen LogP contribution is 2.45. The van der Waals surface area contributed by atoms with Crippen molar-refractivity contribution in [1.29, 1.82) is 0 Å². The molecule has 0 amide bonds. The lowest BCUT2D eigenvalue weighted by molar-refractivity contribution is -0.137. The summed E-state index contributed by atoms with van der Waals surface area (Å²) in [6.07, 6.45) is -0.210. The number of hydrogen-bond acceptors (Lipinski definition) is 5. The van der Waals surface area contributed by atoms with Crippen LogP contribution in [0.5, 0.6) is 17.2 Å². The van der Waals surface area contributed by atoms with E-state index in [-0.39, 0.29) is 6.42 Å². The standard InChI is InChI=1S/C12H16BrNO5/c1-17-8-4-6(7(14)5-9(15)16)11(18-2)10(13)12(8)19-3/h4,7H,5,14H2,1-3H3,(H,15,16). The van der Waals surface area contributed by atoms with Crippen LogP contribution in [-0.2, 0) is 4.79 Å². The normalized spacial score (nSPS) is 11.8. The minimum Gasteiger partial charge on any atom is -0.495 e. The van der Waals surface area contributed by atoms with Crippen LogP contribution >= 0.6 is 15.9 Å². The van der Waals surface area contributed by atoms with E-state index >= 15 is 0 Å². The lowest BCUT2D eigenvalue weighted by atomic mass is 10.0. The summed E-state index contributed by atoms with van der Waals surface area (Å²) < 4.78 is 16.2. The SMILES string of the molecule is COc1cc(C(N)CC(=O)O)c(OC)c(Br)c1OC. The van der Waals surface area contributed by atoms with Crippen LogP contribution in [0.15, 0.2) is 10.5 Å². The van der Waals surface area contributed by atoms with E-state index in [1.807, 2.05) is 0 Å². The van der Waals surface area contributed by atoms with Gasteiger partial charge in [-0.3, -0.25) is 4.79 Å². The number of carboxylic acids is 1. The smallest absolute Gasteiger partial charge is 0.305 e. The molecule has 0 radical (unpaired) electrons. The number of rotatable bonds is 6. The quantitative estimate of drug-likeness (QED) is 0.826. The first-order valence-electron chi connectivity index (χ1n) is 5.41. The first kappa shape index (κ1) is 15.6. The van der Waals surface area contributed by atoms with Crippen LogP contribution < -0.4 is 19.9 Å². The Bertz CT molecular complexity index is 478. The number of methoxy groups -OCH3 is 3. The highest BCUT2D eigenvalue weighted by atomic mass is 79.9. The summed E-state index contributed by atoms with van der Waals surface area (Å²) in [7, 11) is 4.46. The molecule has 3 N–H and O–H groups in total. The number of nitrogens with two attached hydrogens (primary N) is 1. The molecule has 0 aliphatic rings. The summed E-state index contributed by atoms with van der Waals surface area (Å²) in [6.45, 7) is 0. The van der Waals surface area contributed by atoms with E-state index in [4.69, 9.17) is 25.1 Å². The number of hydrogen-bond donors (Lipinski definition) is 2. The molecule has 0 bridgehead atoms. The first-order valence-corrected chi connectivity index (χ1v) is 6.21. The molecule has 1 aromatic carbocycles. The van der Waals surface area contributed by atoms with Crippen LogP contribution in [0.25, 0.3) is 0 Å². The van der Waals surface area contributed by atoms with Gasteiger partial charge in [0.15, 0.2) is 11.5 Å². The molecule has 0 fully saturated rings. The Morgan fingerprint density at radius 2 is 1.89 bits per heavy atom. The summed E-state index contributed by atoms with van der Waals surface area (Å²) >= 11 is 3.35. The molecule has 0 aromatic heterocycles. The molecule has 0 spiro atoms. The highest BCUT2D eigenvalue weighted by molar-refractivity contribution is 9.10. The second-order valence-electron chi connectivity index (χ2n) is 3.75. The van der Waals surface area contributed by atoms with E-state index in [2.05, 4.69) is 15.9 Å². The van der Waals surface area contributed by atoms with Crippen molar-refractivity contribution in [2.45, 2.75) is 12.5 Å². The van der Waals surface area contributed by atoms with Crippen molar-refractivity contribution < 1.29 is 24.1 Å². The molecule has 1 rings (SSSR count). The van der Waals surface area contributed by atoms with Gasteiger partial charge in [0.2, 0.25) is 0 Å². The fourth-order valence-corrected chi connectivity index (χ4v) is 2.48. The molecule has 0 saturated carbocycles. The van der Waals surface area contributed by atoms with Crippen molar-refractivity contribution in [1.82, 2.24) is 0 Å². The molecule has 7 heteroatoms. The molecule has 1 atom stereocenters. The van der Waals surface area contributed by atoms with Gasteiger partial charge < -0.3 is 25.1 Å². The van der Waals surface area contributed by atoms with Gasteiger partial charge in [-0.2, -0.15) is 0 Å². The maximum Gasteiger partial charge on any atom is 0.305 e. The topological polar surface area (TPSA) is 91.0 Å². The Balaban J connectivity index is 3.38. The number of ether oxygens (including phenoxy) is 3. The van der Waals surface area contributed by atoms with Gasteiger partial charge in [-0.15, -0.1) is 0 Å². The molecule has 0 aliphatic carbocycles. The Hall–Kier alpha value is -1.47. The van der Waals surface area contributed by atoms with Crippen LogP contribution in [-0.4, -0.2) is 32.4 Å². The maximum atomic E-state index is 10.8. The lowest BCUT2D eigenvalue weighted by Crippen LogP contribution is -2.16. The predicted molar refractivity (Wildman–Crippen MR) is 73.0 cm³/mol. The molecule has 1 aromatic rings. The molecule has 6 nitrogen and oxygen atoms in total. The molecular formula is C12H16BrNO5. The fraction of sp³-hybridized carbons (Fsp3) is 0.417. The van der Waals surface area contributed by atoms with Crippen LogP contribution in [0.4, 0.5) is 0 Å². The largest absolute Gasteiger partial charge is 0.495 e. The van der Waals surface area contributed by atoms with Crippen molar-refractivity contribution in [3.8, 4) is 17.2 Å². The van der Waals surface area contributed by atoms with Gasteiger partial charge in [-0.05, 0) is 22.0 Å². The number of carboxylic acid groups (broad SMARTS) is 1. The summed E-state index contributed by atoms with van der Waals surface area (Å²) in [5.74, 6) is 0.364. The third-order valence-corrected chi connectivity index (χ3v) is 3.31. The van der Waals surface area contributed by atoms with Crippen molar-refractivity contribution in [3.63, 3.8) is 0 Å². The zero-order valence-electron chi connectivity index (χ0n) is 10.9. The van der Waals surface area contributed by atoms with E-state index in [1.165, 1.54) is 21.3 Å². The molecule has 1 unspecified atom stereocenters. The van der Waals surface area contributed by atoms with Gasteiger partial charge in [-0.1, -0.05) is 0 Å². The zero-order valence-corrected chi connectivity index (χ0v) is 12.5. The van der Waals surface area contributed by atoms with E-state index in [0.717, 1.165) is 0 Å². The Labute approximate surface area is 119 Å². The second-order valence-corrected chi connectivity index (χ2v) is 4.55. The van der Waals surface area contributed by atoms with Gasteiger partial charge in [0.1, 0.15) is 10.2 Å². The van der Waals surface area contributed by atoms with Gasteiger partial charge in [-0.25, -0.2) is 0 Å². The molecule has 0 aliphatic heterocycles. The van der Waals surface area contributed by atoms with Crippen LogP contribution in [0, 0.1) is 0 Å². The van der Waals surface area contributed by atoms with Gasteiger partial charge in [0, 0.05) is 11.6 Å². The van der Waals surface area contributed by atoms with E-state index in [9.17, 15) is 4.79 Å². The van der Waals surface area contributed by atoms with Crippen LogP contribution in [0.1, 0.15) is 18.0 Å². The van der Waals surface area contributed by atoms with Crippen molar-refractivity contribution >= 4 is 21.9 Å². The fourth-order valence-electron chi connectivity index (χ4n) is 1.73. The molecule has 0 heterocycles. The van der Waals surface area contributed by atoms with Crippen LogP contribution in [0.2, 0.25) is 0 Å². The summed E-state index contributed by atoms with van der Waals surface area (Å²) in [6, 6.07) is 0.916. The van der Waals surface area contributed by atoms with E-state index in [1.54, 1.807) is 6.07 Å². The van der Waals surface area contributed by atoms with Crippen molar-refractivity contribution in [2.75, 3.05) is 21.3 Å². The molecule has 0 saturated heterocycles. The minimum absolute atomic E-state index is 0.210. The summed E-state index contributed by atoms with van der Waals surface area (Å²) in [5.41, 5.74) is 6.41. The predicted octanol–water partition coefficient (Wildman–Crippen LogP) is 1.95. The average molecular weight is 334 g/mol. The third-order valence-electron chi connectivity index (χ3n) is 2.59. The maximum absolute atomic E-state index is 10.8. The zero-order chi connectivity index (χ0) is 14.6. The van der Waals surface area contributed by atoms with E-state index in [0.29, 0.717) is 27.3 Å². The summed E-state index contributed by atoms with van der Waals surface area (Å²) in [4.78, 5) is 10.8.